The van der Waals surface area contributed by atoms with E-state index in [2.05, 4.69) is 5.32 Å². The lowest BCUT2D eigenvalue weighted by Crippen LogP contribution is -2.54. The largest absolute Gasteiger partial charge is 0.493 e. The third kappa shape index (κ3) is 2.78. The number of hydrogen-bond donors (Lipinski definition) is 1. The topological polar surface area (TPSA) is 67.9 Å². The second kappa shape index (κ2) is 6.62. The molecule has 2 fully saturated rings. The zero-order valence-corrected chi connectivity index (χ0v) is 17.0. The maximum atomic E-state index is 13.4. The average molecular weight is 391 g/mol. The molecule has 6 nitrogen and oxygen atoms in total. The highest BCUT2D eigenvalue weighted by molar-refractivity contribution is 8.01. The van der Waals surface area contributed by atoms with Crippen molar-refractivity contribution in [2.75, 3.05) is 14.2 Å². The quantitative estimate of drug-likeness (QED) is 0.856. The van der Waals surface area contributed by atoms with Crippen molar-refractivity contribution in [3.8, 4) is 11.5 Å². The van der Waals surface area contributed by atoms with Crippen LogP contribution in [0.5, 0.6) is 11.5 Å². The van der Waals surface area contributed by atoms with Crippen molar-refractivity contribution in [3.63, 3.8) is 0 Å². The maximum Gasteiger partial charge on any atom is 0.260 e. The van der Waals surface area contributed by atoms with Crippen molar-refractivity contribution >= 4 is 23.6 Å². The van der Waals surface area contributed by atoms with E-state index in [4.69, 9.17) is 9.47 Å². The molecule has 2 amide bonds. The van der Waals surface area contributed by atoms with Crippen molar-refractivity contribution in [3.05, 3.63) is 23.3 Å². The molecule has 0 aromatic heterocycles. The number of methoxy groups -OCH3 is 2. The zero-order valence-electron chi connectivity index (χ0n) is 16.2. The lowest BCUT2D eigenvalue weighted by Gasteiger charge is -2.30. The van der Waals surface area contributed by atoms with E-state index in [1.165, 1.54) is 7.11 Å². The third-order valence-electron chi connectivity index (χ3n) is 5.85. The van der Waals surface area contributed by atoms with Gasteiger partial charge >= 0.3 is 0 Å². The highest BCUT2D eigenvalue weighted by atomic mass is 32.2. The molecule has 27 heavy (non-hydrogen) atoms. The standard InChI is InChI=1S/C20H26N2O4S/c1-20(2)16(17(23)21-11-7-5-6-8-11)22-18(24)14-12(19(22)27-20)9-10-13(25-3)15(14)26-4/h9-11,16,19H,5-8H2,1-4H3,(H,21,23)/t16-,19-/m1/s1. The van der Waals surface area contributed by atoms with Crippen LogP contribution in [0.3, 0.4) is 0 Å². The molecule has 3 aliphatic rings. The fourth-order valence-electron chi connectivity index (χ4n) is 4.61. The van der Waals surface area contributed by atoms with Gasteiger partial charge in [-0.1, -0.05) is 18.9 Å². The molecule has 1 N–H and O–H groups in total. The van der Waals surface area contributed by atoms with Gasteiger partial charge in [0, 0.05) is 16.4 Å². The van der Waals surface area contributed by atoms with Crippen LogP contribution in [0.15, 0.2) is 12.1 Å². The number of fused-ring (bicyclic) bond motifs is 3. The molecule has 0 spiro atoms. The van der Waals surface area contributed by atoms with E-state index in [-0.39, 0.29) is 28.0 Å². The molecule has 146 valence electrons. The number of thioether (sulfide) groups is 1. The first-order valence-corrected chi connectivity index (χ1v) is 10.3. The molecule has 0 radical (unpaired) electrons. The van der Waals surface area contributed by atoms with Crippen LogP contribution in [-0.4, -0.2) is 47.8 Å². The Labute approximate surface area is 164 Å². The summed E-state index contributed by atoms with van der Waals surface area (Å²) in [5.41, 5.74) is 1.41. The lowest BCUT2D eigenvalue weighted by atomic mass is 10.00. The Morgan fingerprint density at radius 3 is 2.56 bits per heavy atom. The van der Waals surface area contributed by atoms with Gasteiger partial charge in [-0.15, -0.1) is 11.8 Å². The van der Waals surface area contributed by atoms with Crippen molar-refractivity contribution in [1.29, 1.82) is 0 Å². The average Bonchev–Trinajstić information content (AvgIpc) is 3.30. The normalized spacial score (nSPS) is 26.1. The van der Waals surface area contributed by atoms with Gasteiger partial charge in [-0.3, -0.25) is 9.59 Å². The van der Waals surface area contributed by atoms with Crippen LogP contribution in [0.4, 0.5) is 0 Å². The fraction of sp³-hybridized carbons (Fsp3) is 0.600. The molecule has 1 saturated heterocycles. The molecular weight excluding hydrogens is 364 g/mol. The Kier molecular flexibility index (Phi) is 4.53. The second-order valence-corrected chi connectivity index (χ2v) is 9.68. The summed E-state index contributed by atoms with van der Waals surface area (Å²) in [6, 6.07) is 3.46. The molecule has 1 aromatic rings. The summed E-state index contributed by atoms with van der Waals surface area (Å²) in [5, 5.41) is 3.01. The first-order chi connectivity index (χ1) is 12.9. The van der Waals surface area contributed by atoms with Crippen LogP contribution in [-0.2, 0) is 4.79 Å². The summed E-state index contributed by atoms with van der Waals surface area (Å²) in [6.45, 7) is 4.09. The van der Waals surface area contributed by atoms with E-state index < -0.39 is 6.04 Å². The van der Waals surface area contributed by atoms with Gasteiger partial charge in [-0.2, -0.15) is 0 Å². The van der Waals surface area contributed by atoms with Crippen molar-refractivity contribution in [2.45, 2.75) is 61.7 Å². The molecule has 7 heteroatoms. The summed E-state index contributed by atoms with van der Waals surface area (Å²) in [7, 11) is 3.09. The Morgan fingerprint density at radius 2 is 1.93 bits per heavy atom. The minimum atomic E-state index is -0.510. The Hall–Kier alpha value is -1.89. The van der Waals surface area contributed by atoms with Crippen LogP contribution < -0.4 is 14.8 Å². The molecule has 2 atom stereocenters. The van der Waals surface area contributed by atoms with Crippen LogP contribution in [0, 0.1) is 0 Å². The Balaban J connectivity index is 1.70. The van der Waals surface area contributed by atoms with Gasteiger partial charge in [-0.05, 0) is 32.8 Å². The molecular formula is C20H26N2O4S. The van der Waals surface area contributed by atoms with Crippen molar-refractivity contribution in [2.24, 2.45) is 0 Å². The molecule has 2 aliphatic heterocycles. The Morgan fingerprint density at radius 1 is 1.22 bits per heavy atom. The Bertz CT molecular complexity index is 788. The smallest absolute Gasteiger partial charge is 0.260 e. The summed E-state index contributed by atoms with van der Waals surface area (Å²) >= 11 is 1.66. The molecule has 1 saturated carbocycles. The van der Waals surface area contributed by atoms with Gasteiger partial charge in [0.2, 0.25) is 5.91 Å². The molecule has 0 unspecified atom stereocenters. The first kappa shape index (κ1) is 18.5. The van der Waals surface area contributed by atoms with E-state index in [1.54, 1.807) is 23.8 Å². The summed E-state index contributed by atoms with van der Waals surface area (Å²) < 4.78 is 10.5. The van der Waals surface area contributed by atoms with Gasteiger partial charge in [0.1, 0.15) is 11.4 Å². The molecule has 2 heterocycles. The van der Waals surface area contributed by atoms with E-state index in [0.29, 0.717) is 17.1 Å². The molecule has 0 bridgehead atoms. The number of nitrogens with zero attached hydrogens (tertiary/aromatic N) is 1. The number of ether oxygens (including phenoxy) is 2. The van der Waals surface area contributed by atoms with Crippen LogP contribution in [0.25, 0.3) is 0 Å². The number of carbonyl (C=O) groups excluding carboxylic acids is 2. The zero-order chi connectivity index (χ0) is 19.3. The summed E-state index contributed by atoms with van der Waals surface area (Å²) in [6.07, 6.45) is 4.35. The molecule has 1 aliphatic carbocycles. The number of benzene rings is 1. The third-order valence-corrected chi connectivity index (χ3v) is 7.38. The predicted molar refractivity (Wildman–Crippen MR) is 104 cm³/mol. The van der Waals surface area contributed by atoms with Gasteiger partial charge in [0.15, 0.2) is 11.5 Å². The van der Waals surface area contributed by atoms with E-state index in [9.17, 15) is 9.59 Å². The number of nitrogens with one attached hydrogen (secondary N) is 1. The number of amides is 2. The fourth-order valence-corrected chi connectivity index (χ4v) is 6.19. The number of carbonyl (C=O) groups is 2. The number of hydrogen-bond acceptors (Lipinski definition) is 5. The van der Waals surface area contributed by atoms with Gasteiger partial charge in [0.05, 0.1) is 19.8 Å². The minimum absolute atomic E-state index is 0.0472. The second-order valence-electron chi connectivity index (χ2n) is 7.94. The van der Waals surface area contributed by atoms with Crippen molar-refractivity contribution < 1.29 is 19.1 Å². The van der Waals surface area contributed by atoms with Crippen LogP contribution >= 0.6 is 11.8 Å². The van der Waals surface area contributed by atoms with Crippen LogP contribution in [0.1, 0.15) is 60.8 Å². The molecule has 4 rings (SSSR count). The van der Waals surface area contributed by atoms with Gasteiger partial charge in [0.25, 0.3) is 5.91 Å². The number of rotatable bonds is 4. The SMILES string of the molecule is COc1ccc2c(c1OC)C(=O)N1[C@@H]2SC(C)(C)[C@H]1C(=O)NC1CCCC1. The van der Waals surface area contributed by atoms with Crippen LogP contribution in [0.2, 0.25) is 0 Å². The van der Waals surface area contributed by atoms with Gasteiger partial charge < -0.3 is 19.7 Å². The highest BCUT2D eigenvalue weighted by Gasteiger charge is 2.58. The van der Waals surface area contributed by atoms with E-state index in [1.807, 2.05) is 26.0 Å². The maximum absolute atomic E-state index is 13.4. The summed E-state index contributed by atoms with van der Waals surface area (Å²) in [5.74, 6) is 0.772. The van der Waals surface area contributed by atoms with E-state index in [0.717, 1.165) is 31.2 Å². The molecule has 1 aromatic carbocycles. The summed E-state index contributed by atoms with van der Waals surface area (Å²) in [4.78, 5) is 28.3. The van der Waals surface area contributed by atoms with E-state index >= 15 is 0 Å². The lowest BCUT2D eigenvalue weighted by molar-refractivity contribution is -0.126. The predicted octanol–water partition coefficient (Wildman–Crippen LogP) is 3.11. The van der Waals surface area contributed by atoms with Crippen molar-refractivity contribution in [1.82, 2.24) is 10.2 Å². The first-order valence-electron chi connectivity index (χ1n) is 9.44. The highest BCUT2D eigenvalue weighted by Crippen LogP contribution is 2.58. The van der Waals surface area contributed by atoms with Gasteiger partial charge in [-0.25, -0.2) is 0 Å². The minimum Gasteiger partial charge on any atom is -0.493 e. The monoisotopic (exact) mass is 390 g/mol.